The predicted octanol–water partition coefficient (Wildman–Crippen LogP) is 4.59. The van der Waals surface area contributed by atoms with Gasteiger partial charge in [0.15, 0.2) is 0 Å². The number of hydrogen-bond acceptors (Lipinski definition) is 2. The second-order valence-electron chi connectivity index (χ2n) is 7.88. The average molecular weight is 316 g/mol. The molecule has 2 aliphatic carbocycles. The molecule has 3 heteroatoms. The summed E-state index contributed by atoms with van der Waals surface area (Å²) >= 11 is 0. The van der Waals surface area contributed by atoms with Crippen LogP contribution in [0, 0.1) is 35.0 Å². The zero-order valence-electron chi connectivity index (χ0n) is 15.0. The van der Waals surface area contributed by atoms with Crippen LogP contribution in [0.25, 0.3) is 0 Å². The molecular formula is C20H32N2O. The second kappa shape index (κ2) is 8.52. The highest BCUT2D eigenvalue weighted by atomic mass is 16.1. The van der Waals surface area contributed by atoms with Gasteiger partial charge in [-0.15, -0.1) is 0 Å². The highest BCUT2D eigenvalue weighted by Gasteiger charge is 2.32. The highest BCUT2D eigenvalue weighted by Crippen LogP contribution is 2.40. The molecule has 0 aromatic carbocycles. The van der Waals surface area contributed by atoms with Crippen molar-refractivity contribution >= 4 is 5.91 Å². The number of amides is 1. The minimum absolute atomic E-state index is 0.218. The molecule has 3 nitrogen and oxygen atoms in total. The van der Waals surface area contributed by atoms with Crippen molar-refractivity contribution in [1.82, 2.24) is 5.32 Å². The maximum absolute atomic E-state index is 12.4. The largest absolute Gasteiger partial charge is 0.353 e. The molecular weight excluding hydrogens is 284 g/mol. The number of carbonyl (C=O) groups is 1. The van der Waals surface area contributed by atoms with Crippen LogP contribution in [0.5, 0.6) is 0 Å². The molecule has 0 aromatic heterocycles. The Bertz CT molecular complexity index is 469. The molecule has 23 heavy (non-hydrogen) atoms. The number of carbonyl (C=O) groups excluding carboxylic acids is 1. The smallest absolute Gasteiger partial charge is 0.220 e. The van der Waals surface area contributed by atoms with Gasteiger partial charge in [-0.05, 0) is 49.9 Å². The van der Waals surface area contributed by atoms with E-state index in [-0.39, 0.29) is 5.91 Å². The molecule has 0 aliphatic heterocycles. The Morgan fingerprint density at radius 3 is 2.65 bits per heavy atom. The lowest BCUT2D eigenvalue weighted by molar-refractivity contribution is -0.122. The summed E-state index contributed by atoms with van der Waals surface area (Å²) in [7, 11) is 0. The van der Waals surface area contributed by atoms with Crippen LogP contribution in [0.2, 0.25) is 0 Å². The van der Waals surface area contributed by atoms with Crippen LogP contribution in [0.15, 0.2) is 11.6 Å². The zero-order valence-corrected chi connectivity index (χ0v) is 15.0. The summed E-state index contributed by atoms with van der Waals surface area (Å²) in [6.07, 6.45) is 10.6. The Hall–Kier alpha value is -1.30. The van der Waals surface area contributed by atoms with Gasteiger partial charge >= 0.3 is 0 Å². The van der Waals surface area contributed by atoms with E-state index < -0.39 is 0 Å². The van der Waals surface area contributed by atoms with E-state index in [2.05, 4.69) is 38.2 Å². The Morgan fingerprint density at radius 1 is 1.35 bits per heavy atom. The van der Waals surface area contributed by atoms with E-state index in [0.29, 0.717) is 42.6 Å². The third kappa shape index (κ3) is 5.09. The molecule has 1 fully saturated rings. The van der Waals surface area contributed by atoms with Crippen LogP contribution >= 0.6 is 0 Å². The van der Waals surface area contributed by atoms with Crippen molar-refractivity contribution in [2.24, 2.45) is 23.7 Å². The standard InChI is InChI=1S/C20H32N2O/c1-14(2)19-12-17(15(3)11-16(19)9-10-21)13-20(23)22-18-7-5-4-6-8-18/h11,14,16-19H,4-9,12-13H2,1-3H3,(H,22,23)/t16-,17+,19+/m1/s1. The Kier molecular flexibility index (Phi) is 6.69. The maximum atomic E-state index is 12.4. The normalized spacial score (nSPS) is 29.0. The van der Waals surface area contributed by atoms with Crippen LogP contribution < -0.4 is 5.32 Å². The van der Waals surface area contributed by atoms with Gasteiger partial charge in [0.25, 0.3) is 0 Å². The van der Waals surface area contributed by atoms with Gasteiger partial charge in [-0.3, -0.25) is 4.79 Å². The molecule has 0 spiro atoms. The molecule has 1 N–H and O–H groups in total. The highest BCUT2D eigenvalue weighted by molar-refractivity contribution is 5.77. The van der Waals surface area contributed by atoms with Crippen molar-refractivity contribution in [2.45, 2.75) is 78.2 Å². The zero-order chi connectivity index (χ0) is 16.8. The molecule has 1 saturated carbocycles. The van der Waals surface area contributed by atoms with E-state index in [4.69, 9.17) is 5.26 Å². The molecule has 0 aromatic rings. The number of rotatable bonds is 5. The first-order valence-corrected chi connectivity index (χ1v) is 9.36. The monoisotopic (exact) mass is 316 g/mol. The lowest BCUT2D eigenvalue weighted by atomic mass is 9.69. The summed E-state index contributed by atoms with van der Waals surface area (Å²) < 4.78 is 0. The van der Waals surface area contributed by atoms with E-state index in [1.165, 1.54) is 24.8 Å². The minimum atomic E-state index is 0.218. The van der Waals surface area contributed by atoms with Crippen molar-refractivity contribution in [2.75, 3.05) is 0 Å². The van der Waals surface area contributed by atoms with Gasteiger partial charge in [0.2, 0.25) is 5.91 Å². The van der Waals surface area contributed by atoms with Crippen LogP contribution in [0.3, 0.4) is 0 Å². The van der Waals surface area contributed by atoms with Crippen molar-refractivity contribution < 1.29 is 4.79 Å². The van der Waals surface area contributed by atoms with Crippen molar-refractivity contribution in [1.29, 1.82) is 5.26 Å². The molecule has 1 amide bonds. The average Bonchev–Trinajstić information content (AvgIpc) is 2.50. The van der Waals surface area contributed by atoms with Crippen LogP contribution in [0.4, 0.5) is 0 Å². The Morgan fingerprint density at radius 2 is 2.04 bits per heavy atom. The first kappa shape index (κ1) is 18.0. The number of nitrogens with one attached hydrogen (secondary N) is 1. The quantitative estimate of drug-likeness (QED) is 0.754. The fourth-order valence-corrected chi connectivity index (χ4v) is 4.37. The summed E-state index contributed by atoms with van der Waals surface area (Å²) in [5.41, 5.74) is 1.31. The van der Waals surface area contributed by atoms with Crippen LogP contribution in [-0.4, -0.2) is 11.9 Å². The van der Waals surface area contributed by atoms with Crippen molar-refractivity contribution in [3.8, 4) is 6.07 Å². The van der Waals surface area contributed by atoms with Crippen molar-refractivity contribution in [3.63, 3.8) is 0 Å². The van der Waals surface area contributed by atoms with Gasteiger partial charge in [-0.25, -0.2) is 0 Å². The summed E-state index contributed by atoms with van der Waals surface area (Å²) in [5, 5.41) is 12.3. The number of hydrogen-bond donors (Lipinski definition) is 1. The molecule has 128 valence electrons. The van der Waals surface area contributed by atoms with Gasteiger partial charge in [0, 0.05) is 18.9 Å². The number of allylic oxidation sites excluding steroid dienone is 2. The van der Waals surface area contributed by atoms with E-state index >= 15 is 0 Å². The van der Waals surface area contributed by atoms with Gasteiger partial charge in [0.1, 0.15) is 0 Å². The van der Waals surface area contributed by atoms with Crippen LogP contribution in [0.1, 0.15) is 72.1 Å². The molecule has 0 unspecified atom stereocenters. The van der Waals surface area contributed by atoms with Gasteiger partial charge in [-0.1, -0.05) is 44.8 Å². The van der Waals surface area contributed by atoms with Gasteiger partial charge in [0.05, 0.1) is 6.07 Å². The number of nitriles is 1. The molecule has 2 aliphatic rings. The summed E-state index contributed by atoms with van der Waals surface area (Å²) in [6.45, 7) is 6.62. The molecule has 0 bridgehead atoms. The SMILES string of the molecule is CC1=C[C@@H](CC#N)[C@H](C(C)C)C[C@H]1CC(=O)NC1CCCCC1. The topological polar surface area (TPSA) is 52.9 Å². The predicted molar refractivity (Wildman–Crippen MR) is 93.5 cm³/mol. The second-order valence-corrected chi connectivity index (χ2v) is 7.88. The van der Waals surface area contributed by atoms with E-state index in [9.17, 15) is 4.79 Å². The Balaban J connectivity index is 1.94. The number of nitrogens with zero attached hydrogens (tertiary/aromatic N) is 1. The van der Waals surface area contributed by atoms with E-state index in [1.807, 2.05) is 0 Å². The molecule has 0 heterocycles. The lowest BCUT2D eigenvalue weighted by Crippen LogP contribution is -2.38. The van der Waals surface area contributed by atoms with Crippen LogP contribution in [-0.2, 0) is 4.79 Å². The Labute approximate surface area is 141 Å². The molecule has 3 atom stereocenters. The van der Waals surface area contributed by atoms with Gasteiger partial charge in [-0.2, -0.15) is 5.26 Å². The fourth-order valence-electron chi connectivity index (χ4n) is 4.37. The van der Waals surface area contributed by atoms with E-state index in [0.717, 1.165) is 19.3 Å². The third-order valence-corrected chi connectivity index (χ3v) is 5.81. The van der Waals surface area contributed by atoms with Gasteiger partial charge < -0.3 is 5.32 Å². The summed E-state index contributed by atoms with van der Waals surface area (Å²) in [5.74, 6) is 2.00. The first-order valence-electron chi connectivity index (χ1n) is 9.36. The fraction of sp³-hybridized carbons (Fsp3) is 0.800. The third-order valence-electron chi connectivity index (χ3n) is 5.81. The van der Waals surface area contributed by atoms with E-state index in [1.54, 1.807) is 0 Å². The molecule has 0 radical (unpaired) electrons. The molecule has 0 saturated heterocycles. The summed E-state index contributed by atoms with van der Waals surface area (Å²) in [4.78, 5) is 12.4. The molecule has 2 rings (SSSR count). The van der Waals surface area contributed by atoms with Crippen molar-refractivity contribution in [3.05, 3.63) is 11.6 Å². The maximum Gasteiger partial charge on any atom is 0.220 e. The minimum Gasteiger partial charge on any atom is -0.353 e. The summed E-state index contributed by atoms with van der Waals surface area (Å²) in [6, 6.07) is 2.73. The lowest BCUT2D eigenvalue weighted by Gasteiger charge is -2.36. The first-order chi connectivity index (χ1) is 11.0.